The van der Waals surface area contributed by atoms with E-state index in [0.29, 0.717) is 22.7 Å². The topological polar surface area (TPSA) is 66.9 Å². The molecule has 0 unspecified atom stereocenters. The summed E-state index contributed by atoms with van der Waals surface area (Å²) in [7, 11) is 5.22. The maximum Gasteiger partial charge on any atom is 0.259 e. The van der Waals surface area contributed by atoms with E-state index in [0.717, 1.165) is 32.0 Å². The number of amides is 1. The molecule has 1 aliphatic heterocycles. The standard InChI is InChI=1S/C19H24N4O3/c1-22-8-10-23(11-9-22)18-7-4-14(13-20-18)21-19(24)16-6-5-15(25-2)12-17(16)26-3/h4-7,12-13H,8-11H2,1-3H3,(H,21,24). The molecule has 7 nitrogen and oxygen atoms in total. The van der Waals surface area contributed by atoms with Crippen molar-refractivity contribution in [2.45, 2.75) is 0 Å². The SMILES string of the molecule is COc1ccc(C(=O)Nc2ccc(N3CCN(C)CC3)nc2)c(OC)c1. The molecule has 0 spiro atoms. The van der Waals surface area contributed by atoms with Crippen LogP contribution in [-0.2, 0) is 0 Å². The van der Waals surface area contributed by atoms with Crippen LogP contribution in [0.2, 0.25) is 0 Å². The maximum absolute atomic E-state index is 12.5. The molecule has 1 aromatic carbocycles. The lowest BCUT2D eigenvalue weighted by molar-refractivity contribution is 0.102. The summed E-state index contributed by atoms with van der Waals surface area (Å²) in [5, 5.41) is 2.86. The number of anilines is 2. The fourth-order valence-corrected chi connectivity index (χ4v) is 2.87. The van der Waals surface area contributed by atoms with Crippen LogP contribution in [0.3, 0.4) is 0 Å². The van der Waals surface area contributed by atoms with Crippen LogP contribution in [0.4, 0.5) is 11.5 Å². The summed E-state index contributed by atoms with van der Waals surface area (Å²) in [5.41, 5.74) is 1.09. The zero-order valence-corrected chi connectivity index (χ0v) is 15.4. The van der Waals surface area contributed by atoms with Crippen LogP contribution < -0.4 is 19.7 Å². The number of rotatable bonds is 5. The first-order chi connectivity index (χ1) is 12.6. The normalized spacial score (nSPS) is 14.8. The predicted octanol–water partition coefficient (Wildman–Crippen LogP) is 2.10. The van der Waals surface area contributed by atoms with E-state index in [1.807, 2.05) is 12.1 Å². The highest BCUT2D eigenvalue weighted by Gasteiger charge is 2.16. The van der Waals surface area contributed by atoms with Gasteiger partial charge in [0.2, 0.25) is 0 Å². The molecule has 1 saturated heterocycles. The zero-order chi connectivity index (χ0) is 18.5. The van der Waals surface area contributed by atoms with Crippen molar-refractivity contribution in [3.63, 3.8) is 0 Å². The minimum atomic E-state index is -0.251. The van der Waals surface area contributed by atoms with Crippen LogP contribution in [0.15, 0.2) is 36.5 Å². The van der Waals surface area contributed by atoms with Gasteiger partial charge in [0.1, 0.15) is 17.3 Å². The van der Waals surface area contributed by atoms with Gasteiger partial charge in [-0.2, -0.15) is 0 Å². The molecule has 1 N–H and O–H groups in total. The quantitative estimate of drug-likeness (QED) is 0.885. The molecular formula is C19H24N4O3. The van der Waals surface area contributed by atoms with Crippen LogP contribution in [-0.4, -0.2) is 63.2 Å². The van der Waals surface area contributed by atoms with Crippen LogP contribution in [0.25, 0.3) is 0 Å². The fraction of sp³-hybridized carbons (Fsp3) is 0.368. The molecule has 2 aromatic rings. The number of nitrogens with zero attached hydrogens (tertiary/aromatic N) is 3. The molecule has 1 aliphatic rings. The number of hydrogen-bond donors (Lipinski definition) is 1. The number of nitrogens with one attached hydrogen (secondary N) is 1. The number of carbonyl (C=O) groups is 1. The van der Waals surface area contributed by atoms with E-state index in [1.54, 1.807) is 31.5 Å². The lowest BCUT2D eigenvalue weighted by Gasteiger charge is -2.33. The van der Waals surface area contributed by atoms with Crippen LogP contribution in [0.1, 0.15) is 10.4 Å². The van der Waals surface area contributed by atoms with Crippen molar-refractivity contribution in [3.05, 3.63) is 42.1 Å². The van der Waals surface area contributed by atoms with E-state index in [1.165, 1.54) is 7.11 Å². The average molecular weight is 356 g/mol. The lowest BCUT2D eigenvalue weighted by Crippen LogP contribution is -2.44. The Hall–Kier alpha value is -2.80. The summed E-state index contributed by atoms with van der Waals surface area (Å²) in [6, 6.07) is 8.90. The van der Waals surface area contributed by atoms with E-state index < -0.39 is 0 Å². The van der Waals surface area contributed by atoms with E-state index in [9.17, 15) is 4.79 Å². The van der Waals surface area contributed by atoms with Crippen LogP contribution in [0, 0.1) is 0 Å². The number of methoxy groups -OCH3 is 2. The molecule has 26 heavy (non-hydrogen) atoms. The number of ether oxygens (including phenoxy) is 2. The summed E-state index contributed by atoms with van der Waals surface area (Å²) in [5.74, 6) is 1.78. The monoisotopic (exact) mass is 356 g/mol. The highest BCUT2D eigenvalue weighted by Crippen LogP contribution is 2.25. The highest BCUT2D eigenvalue weighted by molar-refractivity contribution is 6.06. The number of benzene rings is 1. The van der Waals surface area contributed by atoms with Gasteiger partial charge in [-0.25, -0.2) is 4.98 Å². The number of likely N-dealkylation sites (N-methyl/N-ethyl adjacent to an activating group) is 1. The second-order valence-corrected chi connectivity index (χ2v) is 6.22. The van der Waals surface area contributed by atoms with Gasteiger partial charge in [-0.3, -0.25) is 4.79 Å². The lowest BCUT2D eigenvalue weighted by atomic mass is 10.1. The van der Waals surface area contributed by atoms with Gasteiger partial charge >= 0.3 is 0 Å². The van der Waals surface area contributed by atoms with Crippen molar-refractivity contribution in [2.75, 3.05) is 57.7 Å². The molecule has 1 aromatic heterocycles. The second-order valence-electron chi connectivity index (χ2n) is 6.22. The number of pyridine rings is 1. The Morgan fingerprint density at radius 2 is 1.85 bits per heavy atom. The molecule has 3 rings (SSSR count). The van der Waals surface area contributed by atoms with Crippen molar-refractivity contribution in [2.24, 2.45) is 0 Å². The minimum absolute atomic E-state index is 0.251. The Morgan fingerprint density at radius 3 is 2.46 bits per heavy atom. The number of piperazine rings is 1. The largest absolute Gasteiger partial charge is 0.497 e. The summed E-state index contributed by atoms with van der Waals surface area (Å²) >= 11 is 0. The summed E-state index contributed by atoms with van der Waals surface area (Å²) in [6.45, 7) is 3.96. The smallest absolute Gasteiger partial charge is 0.259 e. The maximum atomic E-state index is 12.5. The van der Waals surface area contributed by atoms with Gasteiger partial charge in [0.15, 0.2) is 0 Å². The molecule has 1 amide bonds. The van der Waals surface area contributed by atoms with Crippen LogP contribution >= 0.6 is 0 Å². The molecule has 1 fully saturated rings. The first kappa shape index (κ1) is 18.0. The van der Waals surface area contributed by atoms with E-state index in [-0.39, 0.29) is 5.91 Å². The van der Waals surface area contributed by atoms with Gasteiger partial charge in [0.25, 0.3) is 5.91 Å². The van der Waals surface area contributed by atoms with Gasteiger partial charge in [0, 0.05) is 32.2 Å². The highest BCUT2D eigenvalue weighted by atomic mass is 16.5. The third-order valence-electron chi connectivity index (χ3n) is 4.49. The van der Waals surface area contributed by atoms with Crippen molar-refractivity contribution < 1.29 is 14.3 Å². The van der Waals surface area contributed by atoms with Crippen molar-refractivity contribution in [1.82, 2.24) is 9.88 Å². The Kier molecular flexibility index (Phi) is 5.58. The Balaban J connectivity index is 1.68. The summed E-state index contributed by atoms with van der Waals surface area (Å²) in [6.07, 6.45) is 1.68. The number of aromatic nitrogens is 1. The zero-order valence-electron chi connectivity index (χ0n) is 15.4. The van der Waals surface area contributed by atoms with Gasteiger partial charge in [-0.15, -0.1) is 0 Å². The van der Waals surface area contributed by atoms with Gasteiger partial charge in [-0.05, 0) is 31.3 Å². The number of hydrogen-bond acceptors (Lipinski definition) is 6. The van der Waals surface area contributed by atoms with Gasteiger partial charge in [-0.1, -0.05) is 0 Å². The molecular weight excluding hydrogens is 332 g/mol. The molecule has 0 atom stereocenters. The first-order valence-corrected chi connectivity index (χ1v) is 8.53. The summed E-state index contributed by atoms with van der Waals surface area (Å²) < 4.78 is 10.4. The van der Waals surface area contributed by atoms with Crippen molar-refractivity contribution >= 4 is 17.4 Å². The Morgan fingerprint density at radius 1 is 1.08 bits per heavy atom. The third kappa shape index (κ3) is 4.05. The van der Waals surface area contributed by atoms with Crippen molar-refractivity contribution in [3.8, 4) is 11.5 Å². The molecule has 0 aliphatic carbocycles. The first-order valence-electron chi connectivity index (χ1n) is 8.53. The molecule has 138 valence electrons. The predicted molar refractivity (Wildman–Crippen MR) is 101 cm³/mol. The summed E-state index contributed by atoms with van der Waals surface area (Å²) in [4.78, 5) is 21.6. The Bertz CT molecular complexity index is 756. The number of carbonyl (C=O) groups excluding carboxylic acids is 1. The molecule has 0 bridgehead atoms. The van der Waals surface area contributed by atoms with E-state index in [2.05, 4.69) is 27.1 Å². The molecule has 7 heteroatoms. The van der Waals surface area contributed by atoms with E-state index in [4.69, 9.17) is 9.47 Å². The van der Waals surface area contributed by atoms with Crippen molar-refractivity contribution in [1.29, 1.82) is 0 Å². The van der Waals surface area contributed by atoms with E-state index >= 15 is 0 Å². The Labute approximate surface area is 153 Å². The molecule has 0 radical (unpaired) electrons. The molecule has 2 heterocycles. The van der Waals surface area contributed by atoms with Gasteiger partial charge < -0.3 is 24.6 Å². The van der Waals surface area contributed by atoms with Gasteiger partial charge in [0.05, 0.1) is 31.7 Å². The fourth-order valence-electron chi connectivity index (χ4n) is 2.87. The third-order valence-corrected chi connectivity index (χ3v) is 4.49. The molecule has 0 saturated carbocycles. The minimum Gasteiger partial charge on any atom is -0.497 e. The van der Waals surface area contributed by atoms with Crippen LogP contribution in [0.5, 0.6) is 11.5 Å². The average Bonchev–Trinajstić information content (AvgIpc) is 2.68. The second kappa shape index (κ2) is 8.05.